The summed E-state index contributed by atoms with van der Waals surface area (Å²) in [6.07, 6.45) is 6.63. The van der Waals surface area contributed by atoms with Crippen LogP contribution in [0.4, 0.5) is 5.69 Å². The molecule has 1 saturated carbocycles. The van der Waals surface area contributed by atoms with Crippen LogP contribution in [0.5, 0.6) is 0 Å². The molecule has 2 aliphatic rings. The van der Waals surface area contributed by atoms with Crippen LogP contribution in [0, 0.1) is 0 Å². The van der Waals surface area contributed by atoms with Gasteiger partial charge in [0, 0.05) is 15.3 Å². The number of carbonyl (C=O) groups is 3. The van der Waals surface area contributed by atoms with Crippen molar-refractivity contribution < 1.29 is 17.2 Å². The number of para-hydroxylation sites is 1. The zero-order chi connectivity index (χ0) is 26.3. The van der Waals surface area contributed by atoms with Crippen LogP contribution in [-0.2, 0) is 22.4 Å². The highest BCUT2D eigenvalue weighted by atomic mass is 16.2. The number of fused-ring (bicyclic) bond motifs is 1. The number of hydrogen-bond acceptors (Lipinski definition) is 3. The predicted octanol–water partition coefficient (Wildman–Crippen LogP) is 5.63. The number of nitrogens with zero attached hydrogens (tertiary/aromatic N) is 1. The van der Waals surface area contributed by atoms with Crippen LogP contribution >= 0.6 is 0 Å². The lowest BCUT2D eigenvalue weighted by Crippen LogP contribution is -2.58. The Hall–Kier alpha value is -3.93. The molecule has 6 nitrogen and oxygen atoms in total. The molecule has 0 saturated heterocycles. The molecule has 6 heteroatoms. The van der Waals surface area contributed by atoms with Gasteiger partial charge in [0.2, 0.25) is 11.8 Å². The van der Waals surface area contributed by atoms with Crippen LogP contribution < -0.4 is 10.6 Å². The van der Waals surface area contributed by atoms with Crippen molar-refractivity contribution in [2.24, 2.45) is 0 Å². The van der Waals surface area contributed by atoms with E-state index < -0.39 is 12.1 Å². The molecule has 1 heterocycles. The summed E-state index contributed by atoms with van der Waals surface area (Å²) < 4.78 is 0. The van der Waals surface area contributed by atoms with Gasteiger partial charge in [-0.1, -0.05) is 92.1 Å². The summed E-state index contributed by atoms with van der Waals surface area (Å²) in [5.41, 5.74) is 2.92. The molecular formula is C32H39N3O3. The van der Waals surface area contributed by atoms with E-state index in [0.29, 0.717) is 30.5 Å². The van der Waals surface area contributed by atoms with Gasteiger partial charge in [-0.2, -0.15) is 0 Å². The third-order valence-electron chi connectivity index (χ3n) is 7.70. The van der Waals surface area contributed by atoms with Gasteiger partial charge in [0.15, 0.2) is 0 Å². The number of anilines is 1. The normalized spacial score (nSPS) is 18.7. The molecule has 1 aliphatic carbocycles. The van der Waals surface area contributed by atoms with Crippen molar-refractivity contribution in [1.82, 2.24) is 10.2 Å². The Bertz CT molecular complexity index is 1270. The number of rotatable bonds is 8. The monoisotopic (exact) mass is 513 g/mol. The summed E-state index contributed by atoms with van der Waals surface area (Å²) in [6, 6.07) is 25.2. The molecular weight excluding hydrogens is 474 g/mol. The first-order chi connectivity index (χ1) is 18.6. The van der Waals surface area contributed by atoms with E-state index in [1.165, 1.54) is 6.42 Å². The fraction of sp³-hybridized carbons (Fsp3) is 0.344. The van der Waals surface area contributed by atoms with Gasteiger partial charge < -0.3 is 15.5 Å². The number of hydrogen-bond donors (Lipinski definition) is 2. The van der Waals surface area contributed by atoms with Crippen molar-refractivity contribution in [3.63, 3.8) is 0 Å². The molecule has 38 heavy (non-hydrogen) atoms. The average molecular weight is 514 g/mol. The molecule has 2 atom stereocenters. The Labute approximate surface area is 227 Å². The predicted molar refractivity (Wildman–Crippen MR) is 153 cm³/mol. The highest BCUT2D eigenvalue weighted by molar-refractivity contribution is 6.11. The standard InChI is InChI=1S/C32H35N3O3.2H2/c36-30(33-25-16-8-3-9-17-25)28(21-20-23-12-4-1-5-13-23)35-29(22-24-14-6-2-7-15-24)31(37)34-27-19-11-10-18-26(27)32(35)38;;/h1-2,4-7,10-15,18-19,25,28-29H,3,8-9,16-17,20-22H2,(H,33,36)(H,34,37);2*1H. The van der Waals surface area contributed by atoms with Gasteiger partial charge >= 0.3 is 0 Å². The first kappa shape index (κ1) is 25.7. The van der Waals surface area contributed by atoms with E-state index in [9.17, 15) is 14.4 Å². The fourth-order valence-corrected chi connectivity index (χ4v) is 5.68. The summed E-state index contributed by atoms with van der Waals surface area (Å²) in [5.74, 6) is -0.745. The quantitative estimate of drug-likeness (QED) is 0.410. The minimum atomic E-state index is -0.824. The summed E-state index contributed by atoms with van der Waals surface area (Å²) in [7, 11) is 0. The molecule has 5 rings (SSSR count). The minimum Gasteiger partial charge on any atom is -0.352 e. The molecule has 0 radical (unpaired) electrons. The summed E-state index contributed by atoms with van der Waals surface area (Å²) in [4.78, 5) is 43.4. The van der Waals surface area contributed by atoms with Gasteiger partial charge in [-0.3, -0.25) is 14.4 Å². The maximum atomic E-state index is 14.2. The molecule has 200 valence electrons. The van der Waals surface area contributed by atoms with E-state index in [4.69, 9.17) is 0 Å². The molecule has 1 aliphatic heterocycles. The van der Waals surface area contributed by atoms with Gasteiger partial charge in [0.25, 0.3) is 5.91 Å². The number of aryl methyl sites for hydroxylation is 1. The average Bonchev–Trinajstić information content (AvgIpc) is 3.05. The Kier molecular flexibility index (Phi) is 8.17. The SMILES string of the molecule is O=C1Nc2ccccc2C(=O)N(C(CCc2ccccc2)C(=O)NC2CCCCC2)C1Cc1ccccc1.[HH].[HH]. The fourth-order valence-electron chi connectivity index (χ4n) is 5.68. The zero-order valence-electron chi connectivity index (χ0n) is 21.6. The lowest BCUT2D eigenvalue weighted by Gasteiger charge is -2.36. The zero-order valence-corrected chi connectivity index (χ0v) is 21.6. The molecule has 1 fully saturated rings. The lowest BCUT2D eigenvalue weighted by molar-refractivity contribution is -0.129. The van der Waals surface area contributed by atoms with Crippen molar-refractivity contribution in [3.8, 4) is 0 Å². The summed E-state index contributed by atoms with van der Waals surface area (Å²) in [5, 5.41) is 6.22. The van der Waals surface area contributed by atoms with Crippen LogP contribution in [-0.4, -0.2) is 40.7 Å². The highest BCUT2D eigenvalue weighted by Gasteiger charge is 2.42. The maximum Gasteiger partial charge on any atom is 0.257 e. The molecule has 2 N–H and O–H groups in total. The van der Waals surface area contributed by atoms with E-state index in [1.807, 2.05) is 60.7 Å². The second kappa shape index (κ2) is 12.1. The number of amides is 3. The molecule has 0 spiro atoms. The van der Waals surface area contributed by atoms with Crippen LogP contribution in [0.15, 0.2) is 84.9 Å². The number of benzene rings is 3. The van der Waals surface area contributed by atoms with E-state index >= 15 is 0 Å². The largest absolute Gasteiger partial charge is 0.352 e. The first-order valence-corrected chi connectivity index (χ1v) is 13.7. The van der Waals surface area contributed by atoms with Gasteiger partial charge in [-0.25, -0.2) is 0 Å². The number of carbonyl (C=O) groups excluding carboxylic acids is 3. The highest BCUT2D eigenvalue weighted by Crippen LogP contribution is 2.28. The molecule has 3 aromatic rings. The van der Waals surface area contributed by atoms with Gasteiger partial charge in [-0.05, 0) is 48.9 Å². The lowest BCUT2D eigenvalue weighted by atomic mass is 9.94. The molecule has 0 bridgehead atoms. The third-order valence-corrected chi connectivity index (χ3v) is 7.70. The molecule has 0 aromatic heterocycles. The van der Waals surface area contributed by atoms with Gasteiger partial charge in [0.05, 0.1) is 11.3 Å². The molecule has 2 unspecified atom stereocenters. The van der Waals surface area contributed by atoms with Crippen molar-refractivity contribution >= 4 is 23.4 Å². The number of nitrogens with one attached hydrogen (secondary N) is 2. The van der Waals surface area contributed by atoms with Crippen molar-refractivity contribution in [2.75, 3.05) is 5.32 Å². The van der Waals surface area contributed by atoms with Crippen molar-refractivity contribution in [1.29, 1.82) is 0 Å². The van der Waals surface area contributed by atoms with E-state index in [1.54, 1.807) is 29.2 Å². The second-order valence-electron chi connectivity index (χ2n) is 10.3. The summed E-state index contributed by atoms with van der Waals surface area (Å²) >= 11 is 0. The topological polar surface area (TPSA) is 78.5 Å². The van der Waals surface area contributed by atoms with E-state index in [0.717, 1.165) is 36.8 Å². The van der Waals surface area contributed by atoms with Crippen molar-refractivity contribution in [2.45, 2.75) is 69.5 Å². The van der Waals surface area contributed by atoms with E-state index in [-0.39, 0.29) is 26.6 Å². The van der Waals surface area contributed by atoms with Crippen LogP contribution in [0.25, 0.3) is 0 Å². The van der Waals surface area contributed by atoms with E-state index in [2.05, 4.69) is 10.6 Å². The minimum absolute atomic E-state index is 0. The Morgan fingerprint density at radius 2 is 1.50 bits per heavy atom. The first-order valence-electron chi connectivity index (χ1n) is 13.7. The van der Waals surface area contributed by atoms with Crippen molar-refractivity contribution in [3.05, 3.63) is 102 Å². The Balaban J connectivity index is 0.00000220. The van der Waals surface area contributed by atoms with Gasteiger partial charge in [0.1, 0.15) is 12.1 Å². The van der Waals surface area contributed by atoms with Crippen LogP contribution in [0.1, 0.15) is 62.9 Å². The van der Waals surface area contributed by atoms with Gasteiger partial charge in [-0.15, -0.1) is 0 Å². The Morgan fingerprint density at radius 1 is 0.868 bits per heavy atom. The second-order valence-corrected chi connectivity index (χ2v) is 10.3. The van der Waals surface area contributed by atoms with Crippen LogP contribution in [0.3, 0.4) is 0 Å². The third kappa shape index (κ3) is 5.96. The molecule has 3 aromatic carbocycles. The maximum absolute atomic E-state index is 14.2. The Morgan fingerprint density at radius 3 is 2.21 bits per heavy atom. The summed E-state index contributed by atoms with van der Waals surface area (Å²) in [6.45, 7) is 0. The smallest absolute Gasteiger partial charge is 0.257 e. The molecule has 3 amide bonds. The van der Waals surface area contributed by atoms with Crippen LogP contribution in [0.2, 0.25) is 0 Å².